The number of rotatable bonds is 7. The fourth-order valence-corrected chi connectivity index (χ4v) is 2.71. The maximum atomic E-state index is 5.15. The molecule has 0 aliphatic rings. The summed E-state index contributed by atoms with van der Waals surface area (Å²) in [6, 6.07) is 10.5. The molecule has 0 aliphatic carbocycles. The molecule has 0 saturated carbocycles. The summed E-state index contributed by atoms with van der Waals surface area (Å²) in [6.07, 6.45) is 2.71. The van der Waals surface area contributed by atoms with Crippen LogP contribution in [-0.2, 0) is 13.0 Å². The number of nitrogens with one attached hydrogen (secondary N) is 2. The van der Waals surface area contributed by atoms with Gasteiger partial charge >= 0.3 is 0 Å². The molecule has 1 heterocycles. The molecule has 0 atom stereocenters. The van der Waals surface area contributed by atoms with Crippen LogP contribution in [0.25, 0.3) is 0 Å². The maximum Gasteiger partial charge on any atom is 0.213 e. The van der Waals surface area contributed by atoms with Gasteiger partial charge in [0.25, 0.3) is 0 Å². The summed E-state index contributed by atoms with van der Waals surface area (Å²) in [5.74, 6) is 1.43. The third-order valence-corrected chi connectivity index (χ3v) is 3.76. The molecule has 5 heteroatoms. The first-order valence-electron chi connectivity index (χ1n) is 8.69. The van der Waals surface area contributed by atoms with Gasteiger partial charge in [-0.05, 0) is 44.4 Å². The minimum atomic E-state index is 0.581. The summed E-state index contributed by atoms with van der Waals surface area (Å²) in [6.45, 7) is 8.59. The Bertz CT molecular complexity index is 692. The van der Waals surface area contributed by atoms with E-state index >= 15 is 0 Å². The van der Waals surface area contributed by atoms with Crippen LogP contribution < -0.4 is 15.4 Å². The largest absolute Gasteiger partial charge is 0.481 e. The number of hydrogen-bond donors (Lipinski definition) is 2. The van der Waals surface area contributed by atoms with E-state index in [2.05, 4.69) is 59.6 Å². The van der Waals surface area contributed by atoms with Crippen molar-refractivity contribution < 1.29 is 4.74 Å². The predicted molar refractivity (Wildman–Crippen MR) is 103 cm³/mol. The minimum absolute atomic E-state index is 0.581. The Hall–Kier alpha value is -2.56. The average Bonchev–Trinajstić information content (AvgIpc) is 2.59. The third-order valence-electron chi connectivity index (χ3n) is 3.76. The van der Waals surface area contributed by atoms with Crippen LogP contribution >= 0.6 is 0 Å². The first-order valence-corrected chi connectivity index (χ1v) is 8.69. The fraction of sp³-hybridized carbons (Fsp3) is 0.400. The molecule has 2 N–H and O–H groups in total. The number of pyridine rings is 1. The van der Waals surface area contributed by atoms with Crippen molar-refractivity contribution in [2.45, 2.75) is 33.7 Å². The highest BCUT2D eigenvalue weighted by Crippen LogP contribution is 2.10. The number of nitrogens with zero attached hydrogens (tertiary/aromatic N) is 2. The van der Waals surface area contributed by atoms with Crippen LogP contribution in [0, 0.1) is 13.8 Å². The van der Waals surface area contributed by atoms with Crippen LogP contribution in [0.15, 0.2) is 41.5 Å². The number of benzene rings is 1. The molecule has 0 saturated heterocycles. The molecule has 0 spiro atoms. The third kappa shape index (κ3) is 6.45. The van der Waals surface area contributed by atoms with Crippen molar-refractivity contribution in [1.29, 1.82) is 0 Å². The molecule has 2 rings (SSSR count). The maximum absolute atomic E-state index is 5.15. The van der Waals surface area contributed by atoms with E-state index in [-0.39, 0.29) is 0 Å². The number of ether oxygens (including phenoxy) is 1. The van der Waals surface area contributed by atoms with Crippen molar-refractivity contribution in [3.8, 4) is 5.88 Å². The van der Waals surface area contributed by atoms with Gasteiger partial charge < -0.3 is 15.4 Å². The number of aliphatic imine (C=N–C) groups is 1. The monoisotopic (exact) mass is 340 g/mol. The highest BCUT2D eigenvalue weighted by Gasteiger charge is 2.01. The second-order valence-electron chi connectivity index (χ2n) is 6.07. The highest BCUT2D eigenvalue weighted by molar-refractivity contribution is 5.79. The van der Waals surface area contributed by atoms with Gasteiger partial charge in [0.05, 0.1) is 13.7 Å². The molecule has 0 aliphatic heterocycles. The lowest BCUT2D eigenvalue weighted by Gasteiger charge is -2.12. The Morgan fingerprint density at radius 1 is 1.08 bits per heavy atom. The van der Waals surface area contributed by atoms with E-state index in [0.717, 1.165) is 31.0 Å². The predicted octanol–water partition coefficient (Wildman–Crippen LogP) is 3.00. The zero-order valence-electron chi connectivity index (χ0n) is 15.6. The fourth-order valence-electron chi connectivity index (χ4n) is 2.71. The molecule has 0 radical (unpaired) electrons. The second-order valence-corrected chi connectivity index (χ2v) is 6.07. The van der Waals surface area contributed by atoms with Crippen molar-refractivity contribution >= 4 is 5.96 Å². The van der Waals surface area contributed by atoms with Crippen molar-refractivity contribution in [1.82, 2.24) is 15.6 Å². The molecule has 1 aromatic heterocycles. The van der Waals surface area contributed by atoms with Crippen LogP contribution in [-0.4, -0.2) is 31.1 Å². The Morgan fingerprint density at radius 3 is 2.52 bits per heavy atom. The normalized spacial score (nSPS) is 11.3. The zero-order chi connectivity index (χ0) is 18.1. The lowest BCUT2D eigenvalue weighted by atomic mass is 10.1. The lowest BCUT2D eigenvalue weighted by molar-refractivity contribution is 0.397. The van der Waals surface area contributed by atoms with E-state index in [1.807, 2.05) is 12.1 Å². The second kappa shape index (κ2) is 9.67. The van der Waals surface area contributed by atoms with Gasteiger partial charge in [0.15, 0.2) is 5.96 Å². The smallest absolute Gasteiger partial charge is 0.213 e. The molecule has 0 unspecified atom stereocenters. The van der Waals surface area contributed by atoms with Gasteiger partial charge in [-0.1, -0.05) is 29.3 Å². The van der Waals surface area contributed by atoms with E-state index in [1.54, 1.807) is 13.3 Å². The van der Waals surface area contributed by atoms with E-state index in [0.29, 0.717) is 12.4 Å². The summed E-state index contributed by atoms with van der Waals surface area (Å²) < 4.78 is 5.15. The van der Waals surface area contributed by atoms with Crippen LogP contribution in [0.5, 0.6) is 5.88 Å². The van der Waals surface area contributed by atoms with Crippen LogP contribution in [0.3, 0.4) is 0 Å². The van der Waals surface area contributed by atoms with E-state index in [4.69, 9.17) is 4.74 Å². The van der Waals surface area contributed by atoms with Gasteiger partial charge in [-0.15, -0.1) is 0 Å². The first kappa shape index (κ1) is 18.8. The summed E-state index contributed by atoms with van der Waals surface area (Å²) in [4.78, 5) is 8.75. The lowest BCUT2D eigenvalue weighted by Crippen LogP contribution is -2.38. The van der Waals surface area contributed by atoms with Gasteiger partial charge in [-0.2, -0.15) is 0 Å². The number of methoxy groups -OCH3 is 1. The summed E-state index contributed by atoms with van der Waals surface area (Å²) in [7, 11) is 1.62. The SMILES string of the molecule is CCNC(=NCc1ccnc(OC)c1)NCCc1cc(C)cc(C)c1. The van der Waals surface area contributed by atoms with Crippen LogP contribution in [0.1, 0.15) is 29.2 Å². The molecule has 0 amide bonds. The molecule has 134 valence electrons. The molecule has 5 nitrogen and oxygen atoms in total. The van der Waals surface area contributed by atoms with Gasteiger partial charge in [0.1, 0.15) is 0 Å². The van der Waals surface area contributed by atoms with Crippen LogP contribution in [0.4, 0.5) is 0 Å². The first-order chi connectivity index (χ1) is 12.1. The summed E-state index contributed by atoms with van der Waals surface area (Å²) >= 11 is 0. The van der Waals surface area contributed by atoms with E-state index in [9.17, 15) is 0 Å². The summed E-state index contributed by atoms with van der Waals surface area (Å²) in [5.41, 5.74) is 5.03. The minimum Gasteiger partial charge on any atom is -0.481 e. The Morgan fingerprint density at radius 2 is 1.84 bits per heavy atom. The average molecular weight is 340 g/mol. The standard InChI is InChI=1S/C20H28N4O/c1-5-21-20(24-14-18-7-8-22-19(13-18)25-4)23-9-6-17-11-15(2)10-16(3)12-17/h7-8,10-13H,5-6,9,14H2,1-4H3,(H2,21,23,24). The van der Waals surface area contributed by atoms with Crippen molar-refractivity contribution in [3.63, 3.8) is 0 Å². The van der Waals surface area contributed by atoms with Crippen molar-refractivity contribution in [3.05, 3.63) is 58.8 Å². The summed E-state index contributed by atoms with van der Waals surface area (Å²) in [5, 5.41) is 6.68. The van der Waals surface area contributed by atoms with Gasteiger partial charge in [0, 0.05) is 25.4 Å². The molecule has 25 heavy (non-hydrogen) atoms. The number of hydrogen-bond acceptors (Lipinski definition) is 3. The van der Waals surface area contributed by atoms with Crippen molar-refractivity contribution in [2.75, 3.05) is 20.2 Å². The molecule has 0 bridgehead atoms. The quantitative estimate of drug-likeness (QED) is 0.601. The van der Waals surface area contributed by atoms with Crippen molar-refractivity contribution in [2.24, 2.45) is 4.99 Å². The zero-order valence-corrected chi connectivity index (χ0v) is 15.6. The van der Waals surface area contributed by atoms with Gasteiger partial charge in [-0.25, -0.2) is 9.98 Å². The number of guanidine groups is 1. The molecular formula is C20H28N4O. The van der Waals surface area contributed by atoms with Gasteiger partial charge in [-0.3, -0.25) is 0 Å². The molecule has 2 aromatic rings. The number of aromatic nitrogens is 1. The van der Waals surface area contributed by atoms with Crippen LogP contribution in [0.2, 0.25) is 0 Å². The topological polar surface area (TPSA) is 58.5 Å². The van der Waals surface area contributed by atoms with E-state index in [1.165, 1.54) is 16.7 Å². The molecular weight excluding hydrogens is 312 g/mol. The molecule has 1 aromatic carbocycles. The van der Waals surface area contributed by atoms with Gasteiger partial charge in [0.2, 0.25) is 5.88 Å². The van der Waals surface area contributed by atoms with E-state index < -0.39 is 0 Å². The Balaban J connectivity index is 1.92. The highest BCUT2D eigenvalue weighted by atomic mass is 16.5. The Labute approximate surface area is 150 Å². The molecule has 0 fully saturated rings. The Kier molecular flexibility index (Phi) is 7.26. The number of aryl methyl sites for hydroxylation is 2.